The predicted octanol–water partition coefficient (Wildman–Crippen LogP) is 3.26. The van der Waals surface area contributed by atoms with Gasteiger partial charge >= 0.3 is 6.09 Å². The molecule has 2 heterocycles. The van der Waals surface area contributed by atoms with Crippen molar-refractivity contribution in [1.82, 2.24) is 14.7 Å². The number of likely N-dealkylation sites (tertiary alicyclic amines) is 1. The summed E-state index contributed by atoms with van der Waals surface area (Å²) in [7, 11) is 0. The van der Waals surface area contributed by atoms with Crippen LogP contribution in [0.3, 0.4) is 0 Å². The minimum Gasteiger partial charge on any atom is -0.503 e. The first kappa shape index (κ1) is 21.5. The molecular weight excluding hydrogens is 386 g/mol. The fourth-order valence-electron chi connectivity index (χ4n) is 3.57. The van der Waals surface area contributed by atoms with Crippen LogP contribution in [0.1, 0.15) is 62.5 Å². The van der Waals surface area contributed by atoms with Crippen molar-refractivity contribution in [2.75, 3.05) is 13.1 Å². The number of hydrogen-bond acceptors (Lipinski definition) is 6. The third-order valence-electron chi connectivity index (χ3n) is 5.00. The van der Waals surface area contributed by atoms with Crippen LogP contribution in [0.25, 0.3) is 5.69 Å². The Morgan fingerprint density at radius 1 is 1.17 bits per heavy atom. The average Bonchev–Trinajstić information content (AvgIpc) is 2.68. The lowest BCUT2D eigenvalue weighted by Crippen LogP contribution is -2.41. The topological polar surface area (TPSA) is 102 Å². The standard InChI is InChI=1S/C22H27N3O5/c1-14(26)19-20(28)18(27)13-25(23-19)17-8-6-5-7-16(17)15-9-11-24(12-10-15)21(29)30-22(2,3)4/h5-8,13,15,27H,9-12H2,1-4H3. The van der Waals surface area contributed by atoms with Crippen molar-refractivity contribution in [1.29, 1.82) is 0 Å². The number of aromatic hydroxyl groups is 1. The van der Waals surface area contributed by atoms with Gasteiger partial charge in [0.25, 0.3) is 5.43 Å². The number of Topliss-reactive ketones (excluding diaryl/α,β-unsaturated/α-hetero) is 1. The number of nitrogens with zero attached hydrogens (tertiary/aromatic N) is 3. The first-order valence-electron chi connectivity index (χ1n) is 9.98. The van der Waals surface area contributed by atoms with Crippen LogP contribution in [0.2, 0.25) is 0 Å². The zero-order valence-electron chi connectivity index (χ0n) is 17.7. The van der Waals surface area contributed by atoms with Gasteiger partial charge in [-0.25, -0.2) is 9.48 Å². The van der Waals surface area contributed by atoms with Crippen LogP contribution in [0, 0.1) is 0 Å². The average molecular weight is 413 g/mol. The summed E-state index contributed by atoms with van der Waals surface area (Å²) < 4.78 is 6.83. The monoisotopic (exact) mass is 413 g/mol. The van der Waals surface area contributed by atoms with E-state index in [1.165, 1.54) is 17.8 Å². The number of para-hydroxylation sites is 1. The van der Waals surface area contributed by atoms with Gasteiger partial charge in [0.1, 0.15) is 5.60 Å². The normalized spacial score (nSPS) is 15.1. The van der Waals surface area contributed by atoms with Gasteiger partial charge in [-0.1, -0.05) is 18.2 Å². The van der Waals surface area contributed by atoms with E-state index in [9.17, 15) is 19.5 Å². The minimum atomic E-state index is -0.776. The SMILES string of the molecule is CC(=O)c1nn(-c2ccccc2C2CCN(C(=O)OC(C)(C)C)CC2)cc(O)c1=O. The van der Waals surface area contributed by atoms with Gasteiger partial charge in [-0.15, -0.1) is 0 Å². The Kier molecular flexibility index (Phi) is 5.96. The number of rotatable bonds is 3. The molecule has 1 amide bonds. The zero-order chi connectivity index (χ0) is 22.1. The molecule has 1 aromatic carbocycles. The maximum Gasteiger partial charge on any atom is 0.410 e. The molecule has 0 saturated carbocycles. The second-order valence-corrected chi connectivity index (χ2v) is 8.49. The third-order valence-corrected chi connectivity index (χ3v) is 5.00. The van der Waals surface area contributed by atoms with Crippen molar-refractivity contribution in [2.24, 2.45) is 0 Å². The van der Waals surface area contributed by atoms with Gasteiger partial charge in [-0.2, -0.15) is 5.10 Å². The lowest BCUT2D eigenvalue weighted by Gasteiger charge is -2.34. The van der Waals surface area contributed by atoms with E-state index in [0.29, 0.717) is 18.8 Å². The molecule has 1 aliphatic rings. The molecule has 1 aliphatic heterocycles. The molecular formula is C22H27N3O5. The van der Waals surface area contributed by atoms with Gasteiger partial charge in [0, 0.05) is 20.0 Å². The fourth-order valence-corrected chi connectivity index (χ4v) is 3.57. The van der Waals surface area contributed by atoms with E-state index in [-0.39, 0.29) is 17.7 Å². The number of benzene rings is 1. The Hall–Kier alpha value is -3.16. The van der Waals surface area contributed by atoms with Crippen molar-refractivity contribution in [3.63, 3.8) is 0 Å². The number of hydrogen-bond donors (Lipinski definition) is 1. The molecule has 0 bridgehead atoms. The first-order chi connectivity index (χ1) is 14.1. The summed E-state index contributed by atoms with van der Waals surface area (Å²) in [5, 5.41) is 14.1. The molecule has 2 aromatic rings. The second kappa shape index (κ2) is 8.30. The molecule has 1 aromatic heterocycles. The van der Waals surface area contributed by atoms with E-state index in [1.807, 2.05) is 45.0 Å². The van der Waals surface area contributed by atoms with E-state index in [0.717, 1.165) is 18.4 Å². The molecule has 1 N–H and O–H groups in total. The third kappa shape index (κ3) is 4.69. The summed E-state index contributed by atoms with van der Waals surface area (Å²) in [5.41, 5.74) is 0.0522. The molecule has 3 rings (SSSR count). The molecule has 1 fully saturated rings. The Balaban J connectivity index is 1.85. The van der Waals surface area contributed by atoms with Crippen molar-refractivity contribution in [3.8, 4) is 11.4 Å². The van der Waals surface area contributed by atoms with Crippen molar-refractivity contribution < 1.29 is 19.4 Å². The Morgan fingerprint density at radius 3 is 2.40 bits per heavy atom. The summed E-state index contributed by atoms with van der Waals surface area (Å²) in [4.78, 5) is 37.8. The van der Waals surface area contributed by atoms with Crippen LogP contribution in [0.4, 0.5) is 4.79 Å². The van der Waals surface area contributed by atoms with E-state index < -0.39 is 22.6 Å². The molecule has 1 saturated heterocycles. The number of ketones is 1. The van der Waals surface area contributed by atoms with E-state index in [2.05, 4.69) is 5.10 Å². The number of aromatic nitrogens is 2. The van der Waals surface area contributed by atoms with Crippen LogP contribution < -0.4 is 5.43 Å². The van der Waals surface area contributed by atoms with Crippen LogP contribution >= 0.6 is 0 Å². The van der Waals surface area contributed by atoms with Gasteiger partial charge in [-0.05, 0) is 51.2 Å². The molecule has 0 radical (unpaired) electrons. The highest BCUT2D eigenvalue weighted by Gasteiger charge is 2.28. The van der Waals surface area contributed by atoms with Crippen molar-refractivity contribution >= 4 is 11.9 Å². The second-order valence-electron chi connectivity index (χ2n) is 8.49. The molecule has 8 heteroatoms. The van der Waals surface area contributed by atoms with E-state index in [1.54, 1.807) is 4.90 Å². The molecule has 0 unspecified atom stereocenters. The fraction of sp³-hybridized carbons (Fsp3) is 0.455. The van der Waals surface area contributed by atoms with E-state index in [4.69, 9.17) is 4.74 Å². The van der Waals surface area contributed by atoms with Crippen LogP contribution in [0.5, 0.6) is 5.75 Å². The number of piperidine rings is 1. The largest absolute Gasteiger partial charge is 0.503 e. The highest BCUT2D eigenvalue weighted by atomic mass is 16.6. The maximum absolute atomic E-state index is 12.3. The lowest BCUT2D eigenvalue weighted by molar-refractivity contribution is 0.0204. The van der Waals surface area contributed by atoms with Gasteiger partial charge < -0.3 is 14.7 Å². The van der Waals surface area contributed by atoms with Crippen LogP contribution in [-0.4, -0.2) is 50.4 Å². The number of ether oxygens (including phenoxy) is 1. The highest BCUT2D eigenvalue weighted by Crippen LogP contribution is 2.32. The van der Waals surface area contributed by atoms with Gasteiger partial charge in [-0.3, -0.25) is 9.59 Å². The molecule has 30 heavy (non-hydrogen) atoms. The number of amides is 1. The van der Waals surface area contributed by atoms with Gasteiger partial charge in [0.15, 0.2) is 17.2 Å². The Morgan fingerprint density at radius 2 is 1.80 bits per heavy atom. The summed E-state index contributed by atoms with van der Waals surface area (Å²) in [6.07, 6.45) is 2.39. The summed E-state index contributed by atoms with van der Waals surface area (Å²) in [6.45, 7) is 7.90. The first-order valence-corrected chi connectivity index (χ1v) is 9.98. The smallest absolute Gasteiger partial charge is 0.410 e. The number of carbonyl (C=O) groups excluding carboxylic acids is 2. The van der Waals surface area contributed by atoms with Crippen molar-refractivity contribution in [2.45, 2.75) is 52.1 Å². The quantitative estimate of drug-likeness (QED) is 0.775. The Labute approximate surface area is 175 Å². The number of carbonyl (C=O) groups is 2. The molecule has 0 spiro atoms. The van der Waals surface area contributed by atoms with Gasteiger partial charge in [0.05, 0.1) is 11.9 Å². The predicted molar refractivity (Wildman–Crippen MR) is 111 cm³/mol. The van der Waals surface area contributed by atoms with Crippen molar-refractivity contribution in [3.05, 3.63) is 51.9 Å². The minimum absolute atomic E-state index is 0.157. The van der Waals surface area contributed by atoms with E-state index >= 15 is 0 Å². The van der Waals surface area contributed by atoms with Gasteiger partial charge in [0.2, 0.25) is 0 Å². The molecule has 8 nitrogen and oxygen atoms in total. The Bertz CT molecular complexity index is 1010. The van der Waals surface area contributed by atoms with Crippen LogP contribution in [-0.2, 0) is 4.74 Å². The highest BCUT2D eigenvalue weighted by molar-refractivity contribution is 5.92. The van der Waals surface area contributed by atoms with Crippen LogP contribution in [0.15, 0.2) is 35.3 Å². The summed E-state index contributed by atoms with van der Waals surface area (Å²) in [6, 6.07) is 7.54. The zero-order valence-corrected chi connectivity index (χ0v) is 17.7. The maximum atomic E-state index is 12.3. The molecule has 160 valence electrons. The molecule has 0 aliphatic carbocycles. The summed E-state index contributed by atoms with van der Waals surface area (Å²) >= 11 is 0. The molecule has 0 atom stereocenters. The summed E-state index contributed by atoms with van der Waals surface area (Å²) in [5.74, 6) is -0.874. The lowest BCUT2D eigenvalue weighted by atomic mass is 9.88.